The molecule has 1 unspecified atom stereocenters. The molecule has 0 spiro atoms. The van der Waals surface area contributed by atoms with Crippen molar-refractivity contribution >= 4 is 16.8 Å². The van der Waals surface area contributed by atoms with Crippen LogP contribution >= 0.6 is 11.6 Å². The van der Waals surface area contributed by atoms with Gasteiger partial charge in [-0.2, -0.15) is 0 Å². The maximum absolute atomic E-state index is 8.67. The van der Waals surface area contributed by atoms with Gasteiger partial charge >= 0.3 is 0 Å². The summed E-state index contributed by atoms with van der Waals surface area (Å²) in [6.45, 7) is 1.99. The van der Waals surface area contributed by atoms with Gasteiger partial charge in [0.2, 0.25) is 0 Å². The predicted octanol–water partition coefficient (Wildman–Crippen LogP) is 2.39. The van der Waals surface area contributed by atoms with Gasteiger partial charge in [0.25, 0.3) is 0 Å². The molecule has 1 aliphatic rings. The number of fused-ring (bicyclic) bond motifs is 1. The second kappa shape index (κ2) is 4.22. The van der Waals surface area contributed by atoms with Gasteiger partial charge in [-0.15, -0.1) is 0 Å². The van der Waals surface area contributed by atoms with E-state index in [9.17, 15) is 0 Å². The van der Waals surface area contributed by atoms with Gasteiger partial charge in [-0.1, -0.05) is 16.8 Å². The molecule has 1 aromatic rings. The molecular weight excluding hydrogens is 230 g/mol. The number of ether oxygens (including phenoxy) is 2. The topological polar surface area (TPSA) is 51.0 Å². The minimum Gasteiger partial charge on any atom is -0.496 e. The zero-order valence-corrected chi connectivity index (χ0v) is 9.78. The molecule has 0 aromatic heterocycles. The van der Waals surface area contributed by atoms with E-state index in [1.807, 2.05) is 13.0 Å². The molecule has 16 heavy (non-hydrogen) atoms. The van der Waals surface area contributed by atoms with E-state index >= 15 is 0 Å². The van der Waals surface area contributed by atoms with Crippen LogP contribution in [0.2, 0.25) is 0 Å². The van der Waals surface area contributed by atoms with Crippen molar-refractivity contribution in [2.75, 3.05) is 7.11 Å². The van der Waals surface area contributed by atoms with E-state index in [1.165, 1.54) is 0 Å². The summed E-state index contributed by atoms with van der Waals surface area (Å²) in [6, 6.07) is 3.60. The first-order valence-corrected chi connectivity index (χ1v) is 5.29. The van der Waals surface area contributed by atoms with Crippen LogP contribution in [-0.4, -0.2) is 23.6 Å². The third-order valence-electron chi connectivity index (χ3n) is 2.53. The zero-order chi connectivity index (χ0) is 11.7. The summed E-state index contributed by atoms with van der Waals surface area (Å²) in [4.78, 5) is 0. The molecule has 1 atom stereocenters. The largest absolute Gasteiger partial charge is 0.496 e. The first kappa shape index (κ1) is 11.1. The van der Waals surface area contributed by atoms with Crippen LogP contribution in [0.15, 0.2) is 17.3 Å². The molecule has 4 nitrogen and oxygen atoms in total. The van der Waals surface area contributed by atoms with Crippen LogP contribution < -0.4 is 9.47 Å². The van der Waals surface area contributed by atoms with Gasteiger partial charge in [0, 0.05) is 12.0 Å². The molecule has 0 bridgehead atoms. The maximum Gasteiger partial charge on any atom is 0.179 e. The summed E-state index contributed by atoms with van der Waals surface area (Å²) in [5.41, 5.74) is 1.61. The molecule has 2 rings (SSSR count). The Balaban J connectivity index is 2.51. The third-order valence-corrected chi connectivity index (χ3v) is 2.81. The number of rotatable bonds is 2. The summed E-state index contributed by atoms with van der Waals surface area (Å²) in [7, 11) is 1.55. The second-order valence-corrected chi connectivity index (χ2v) is 4.04. The van der Waals surface area contributed by atoms with Gasteiger partial charge in [0.1, 0.15) is 17.6 Å². The van der Waals surface area contributed by atoms with Crippen molar-refractivity contribution in [2.24, 2.45) is 5.16 Å². The monoisotopic (exact) mass is 241 g/mol. The maximum atomic E-state index is 8.67. The lowest BCUT2D eigenvalue weighted by Crippen LogP contribution is -2.05. The summed E-state index contributed by atoms with van der Waals surface area (Å²) in [5.74, 6) is 1.35. The Hall–Kier alpha value is -1.42. The zero-order valence-electron chi connectivity index (χ0n) is 9.03. The van der Waals surface area contributed by atoms with Gasteiger partial charge in [-0.25, -0.2) is 0 Å². The first-order valence-electron chi connectivity index (χ1n) is 4.91. The Labute approximate surface area is 98.4 Å². The van der Waals surface area contributed by atoms with E-state index in [0.29, 0.717) is 11.3 Å². The molecule has 1 heterocycles. The lowest BCUT2D eigenvalue weighted by molar-refractivity contribution is 0.254. The Morgan fingerprint density at radius 3 is 3.00 bits per heavy atom. The molecule has 1 aliphatic heterocycles. The summed E-state index contributed by atoms with van der Waals surface area (Å²) >= 11 is 5.78. The predicted molar refractivity (Wildman–Crippen MR) is 61.0 cm³/mol. The minimum atomic E-state index is -0.0113. The minimum absolute atomic E-state index is 0.0113. The first-order chi connectivity index (χ1) is 7.65. The molecule has 1 aromatic carbocycles. The van der Waals surface area contributed by atoms with E-state index in [1.54, 1.807) is 13.2 Å². The van der Waals surface area contributed by atoms with Crippen molar-refractivity contribution in [3.8, 4) is 11.5 Å². The molecule has 0 aliphatic carbocycles. The highest BCUT2D eigenvalue weighted by molar-refractivity contribution is 6.69. The van der Waals surface area contributed by atoms with Crippen LogP contribution in [0.5, 0.6) is 11.5 Å². The summed E-state index contributed by atoms with van der Waals surface area (Å²) in [5, 5.41) is 11.6. The van der Waals surface area contributed by atoms with Crippen LogP contribution in [0, 0.1) is 0 Å². The van der Waals surface area contributed by atoms with Crippen LogP contribution in [0.1, 0.15) is 18.1 Å². The molecule has 86 valence electrons. The second-order valence-electron chi connectivity index (χ2n) is 3.68. The Kier molecular flexibility index (Phi) is 2.92. The average molecular weight is 242 g/mol. The van der Waals surface area contributed by atoms with Crippen LogP contribution in [0.25, 0.3) is 0 Å². The lowest BCUT2D eigenvalue weighted by Gasteiger charge is -2.08. The van der Waals surface area contributed by atoms with E-state index in [0.717, 1.165) is 17.7 Å². The van der Waals surface area contributed by atoms with Crippen LogP contribution in [0.3, 0.4) is 0 Å². The lowest BCUT2D eigenvalue weighted by atomic mass is 10.1. The fraction of sp³-hybridized carbons (Fsp3) is 0.364. The highest BCUT2D eigenvalue weighted by Gasteiger charge is 2.23. The van der Waals surface area contributed by atoms with E-state index in [4.69, 9.17) is 26.3 Å². The number of halogens is 1. The SMILES string of the molecule is COc1cc2c(cc1/C(Cl)=N/O)OC(C)C2. The number of hydrogen-bond acceptors (Lipinski definition) is 4. The smallest absolute Gasteiger partial charge is 0.179 e. The Morgan fingerprint density at radius 2 is 2.38 bits per heavy atom. The number of oxime groups is 1. The molecule has 5 heteroatoms. The van der Waals surface area contributed by atoms with E-state index in [2.05, 4.69) is 5.16 Å². The number of benzene rings is 1. The van der Waals surface area contributed by atoms with Crippen molar-refractivity contribution in [2.45, 2.75) is 19.4 Å². The van der Waals surface area contributed by atoms with Gasteiger partial charge in [-0.05, 0) is 19.1 Å². The molecule has 1 N–H and O–H groups in total. The van der Waals surface area contributed by atoms with Gasteiger partial charge < -0.3 is 14.7 Å². The molecule has 0 saturated carbocycles. The van der Waals surface area contributed by atoms with E-state index in [-0.39, 0.29) is 11.3 Å². The number of hydrogen-bond donors (Lipinski definition) is 1. The normalized spacial score (nSPS) is 19.2. The number of methoxy groups -OCH3 is 1. The average Bonchev–Trinajstić information content (AvgIpc) is 2.65. The Bertz CT molecular complexity index is 445. The van der Waals surface area contributed by atoms with Crippen molar-refractivity contribution < 1.29 is 14.7 Å². The fourth-order valence-electron chi connectivity index (χ4n) is 1.82. The fourth-order valence-corrected chi connectivity index (χ4v) is 1.97. The van der Waals surface area contributed by atoms with Gasteiger partial charge in [0.05, 0.1) is 12.7 Å². The molecule has 0 fully saturated rings. The highest BCUT2D eigenvalue weighted by atomic mass is 35.5. The third kappa shape index (κ3) is 1.80. The van der Waals surface area contributed by atoms with Gasteiger partial charge in [-0.3, -0.25) is 0 Å². The molecule has 0 amide bonds. The highest BCUT2D eigenvalue weighted by Crippen LogP contribution is 2.35. The standard InChI is InChI=1S/C11H12ClNO3/c1-6-3-7-4-10(15-2)8(11(12)13-14)5-9(7)16-6/h4-6,14H,3H2,1-2H3/b13-11-. The quantitative estimate of drug-likeness (QED) is 0.491. The molecule has 0 saturated heterocycles. The van der Waals surface area contributed by atoms with Gasteiger partial charge in [0.15, 0.2) is 5.17 Å². The van der Waals surface area contributed by atoms with Crippen molar-refractivity contribution in [1.29, 1.82) is 0 Å². The van der Waals surface area contributed by atoms with Crippen molar-refractivity contribution in [3.63, 3.8) is 0 Å². The van der Waals surface area contributed by atoms with Crippen molar-refractivity contribution in [1.82, 2.24) is 0 Å². The number of nitrogens with zero attached hydrogens (tertiary/aromatic N) is 1. The summed E-state index contributed by atoms with van der Waals surface area (Å²) in [6.07, 6.45) is 1.000. The van der Waals surface area contributed by atoms with E-state index < -0.39 is 0 Å². The molecular formula is C11H12ClNO3. The van der Waals surface area contributed by atoms with Crippen LogP contribution in [0.4, 0.5) is 0 Å². The van der Waals surface area contributed by atoms with Crippen molar-refractivity contribution in [3.05, 3.63) is 23.3 Å². The summed E-state index contributed by atoms with van der Waals surface area (Å²) < 4.78 is 10.8. The Morgan fingerprint density at radius 1 is 1.62 bits per heavy atom. The van der Waals surface area contributed by atoms with Crippen LogP contribution in [-0.2, 0) is 6.42 Å². The molecule has 0 radical (unpaired) electrons.